The first-order chi connectivity index (χ1) is 11.4. The molecule has 0 aliphatic carbocycles. The Labute approximate surface area is 137 Å². The summed E-state index contributed by atoms with van der Waals surface area (Å²) < 4.78 is 1.43. The number of rotatable bonds is 3. The van der Waals surface area contributed by atoms with Gasteiger partial charge in [0.2, 0.25) is 0 Å². The van der Waals surface area contributed by atoms with Crippen LogP contribution in [0.5, 0.6) is 0 Å². The van der Waals surface area contributed by atoms with E-state index in [9.17, 15) is 9.59 Å². The minimum absolute atomic E-state index is 0.123. The molecule has 3 rings (SSSR count). The van der Waals surface area contributed by atoms with E-state index in [4.69, 9.17) is 5.11 Å². The van der Waals surface area contributed by atoms with Crippen LogP contribution in [0.4, 0.5) is 21.9 Å². The highest BCUT2D eigenvalue weighted by molar-refractivity contribution is 5.86. The highest BCUT2D eigenvalue weighted by Crippen LogP contribution is 2.25. The molecule has 1 aromatic heterocycles. The quantitative estimate of drug-likeness (QED) is 0.688. The number of nitrogens with one attached hydrogen (secondary N) is 2. The fourth-order valence-corrected chi connectivity index (χ4v) is 2.40. The van der Waals surface area contributed by atoms with E-state index < -0.39 is 6.09 Å². The molecule has 24 heavy (non-hydrogen) atoms. The SMILES string of the molecule is Cc1ccc(NC(=O)O)cc1Nc1ccc2ncn(C)c(=O)c2c1. The second-order valence-electron chi connectivity index (χ2n) is 5.48. The minimum Gasteiger partial charge on any atom is -0.465 e. The predicted molar refractivity (Wildman–Crippen MR) is 93.1 cm³/mol. The molecule has 0 bridgehead atoms. The molecule has 0 unspecified atom stereocenters. The Morgan fingerprint density at radius 3 is 2.67 bits per heavy atom. The van der Waals surface area contributed by atoms with Crippen molar-refractivity contribution >= 4 is 34.1 Å². The number of benzene rings is 2. The van der Waals surface area contributed by atoms with Crippen LogP contribution in [0.3, 0.4) is 0 Å². The molecule has 0 spiro atoms. The van der Waals surface area contributed by atoms with Gasteiger partial charge in [-0.15, -0.1) is 0 Å². The number of hydrogen-bond donors (Lipinski definition) is 3. The first-order valence-electron chi connectivity index (χ1n) is 7.27. The van der Waals surface area contributed by atoms with Crippen LogP contribution in [0.2, 0.25) is 0 Å². The van der Waals surface area contributed by atoms with E-state index in [2.05, 4.69) is 15.6 Å². The molecule has 122 valence electrons. The van der Waals surface area contributed by atoms with Crippen molar-refractivity contribution in [2.75, 3.05) is 10.6 Å². The predicted octanol–water partition coefficient (Wildman–Crippen LogP) is 3.08. The Hall–Kier alpha value is -3.35. The molecule has 0 aliphatic rings. The van der Waals surface area contributed by atoms with Crippen LogP contribution in [-0.4, -0.2) is 20.8 Å². The first-order valence-corrected chi connectivity index (χ1v) is 7.27. The van der Waals surface area contributed by atoms with Gasteiger partial charge in [0.1, 0.15) is 0 Å². The average molecular weight is 324 g/mol. The summed E-state index contributed by atoms with van der Waals surface area (Å²) in [6.45, 7) is 1.91. The van der Waals surface area contributed by atoms with E-state index in [1.807, 2.05) is 19.1 Å². The van der Waals surface area contributed by atoms with E-state index in [0.29, 0.717) is 16.6 Å². The van der Waals surface area contributed by atoms with Gasteiger partial charge in [-0.25, -0.2) is 9.78 Å². The molecular formula is C17H16N4O3. The summed E-state index contributed by atoms with van der Waals surface area (Å²) in [5, 5.41) is 14.9. The second-order valence-corrected chi connectivity index (χ2v) is 5.48. The topological polar surface area (TPSA) is 96.2 Å². The maximum Gasteiger partial charge on any atom is 0.409 e. The first kappa shape index (κ1) is 15.5. The highest BCUT2D eigenvalue weighted by atomic mass is 16.4. The molecule has 1 amide bonds. The summed E-state index contributed by atoms with van der Waals surface area (Å²) in [5.41, 5.74) is 3.40. The number of anilines is 3. The number of aromatic nitrogens is 2. The van der Waals surface area contributed by atoms with E-state index in [1.54, 1.807) is 31.3 Å². The third-order valence-corrected chi connectivity index (χ3v) is 3.69. The molecule has 0 fully saturated rings. The number of fused-ring (bicyclic) bond motifs is 1. The lowest BCUT2D eigenvalue weighted by molar-refractivity contribution is 0.210. The number of aryl methyl sites for hydroxylation is 2. The summed E-state index contributed by atoms with van der Waals surface area (Å²) in [6, 6.07) is 10.5. The van der Waals surface area contributed by atoms with Crippen molar-refractivity contribution in [1.82, 2.24) is 9.55 Å². The third kappa shape index (κ3) is 3.05. The molecule has 3 aromatic rings. The smallest absolute Gasteiger partial charge is 0.409 e. The van der Waals surface area contributed by atoms with Crippen molar-refractivity contribution in [3.05, 3.63) is 58.6 Å². The fraction of sp³-hybridized carbons (Fsp3) is 0.118. The van der Waals surface area contributed by atoms with Crippen LogP contribution in [0, 0.1) is 6.92 Å². The zero-order chi connectivity index (χ0) is 17.3. The second kappa shape index (κ2) is 6.04. The summed E-state index contributed by atoms with van der Waals surface area (Å²) in [6.07, 6.45) is 0.369. The third-order valence-electron chi connectivity index (χ3n) is 3.69. The van der Waals surface area contributed by atoms with Crippen molar-refractivity contribution in [3.8, 4) is 0 Å². The van der Waals surface area contributed by atoms with Crippen molar-refractivity contribution < 1.29 is 9.90 Å². The Bertz CT molecular complexity index is 995. The van der Waals surface area contributed by atoms with E-state index in [0.717, 1.165) is 16.9 Å². The van der Waals surface area contributed by atoms with E-state index in [-0.39, 0.29) is 5.56 Å². The summed E-state index contributed by atoms with van der Waals surface area (Å²) in [5.74, 6) is 0. The maximum atomic E-state index is 12.2. The number of hydrogen-bond acceptors (Lipinski definition) is 4. The Morgan fingerprint density at radius 2 is 1.92 bits per heavy atom. The molecule has 0 saturated carbocycles. The minimum atomic E-state index is -1.12. The van der Waals surface area contributed by atoms with Gasteiger partial charge in [0.05, 0.1) is 17.2 Å². The normalized spacial score (nSPS) is 10.6. The lowest BCUT2D eigenvalue weighted by Crippen LogP contribution is -2.16. The fourth-order valence-electron chi connectivity index (χ4n) is 2.40. The molecule has 7 nitrogen and oxygen atoms in total. The van der Waals surface area contributed by atoms with Gasteiger partial charge in [-0.1, -0.05) is 6.07 Å². The Balaban J connectivity index is 1.99. The summed E-state index contributed by atoms with van der Waals surface area (Å²) >= 11 is 0. The van der Waals surface area contributed by atoms with Crippen LogP contribution in [0.25, 0.3) is 10.9 Å². The van der Waals surface area contributed by atoms with Crippen LogP contribution in [-0.2, 0) is 7.05 Å². The zero-order valence-electron chi connectivity index (χ0n) is 13.2. The van der Waals surface area contributed by atoms with E-state index in [1.165, 1.54) is 10.9 Å². The molecular weight excluding hydrogens is 308 g/mol. The molecule has 2 aromatic carbocycles. The van der Waals surface area contributed by atoms with Crippen molar-refractivity contribution in [2.24, 2.45) is 7.05 Å². The van der Waals surface area contributed by atoms with Gasteiger partial charge in [-0.05, 0) is 42.8 Å². The number of nitrogens with zero attached hydrogens (tertiary/aromatic N) is 2. The average Bonchev–Trinajstić information content (AvgIpc) is 2.54. The molecule has 3 N–H and O–H groups in total. The standard InChI is InChI=1S/C17H16N4O3/c1-10-3-4-12(20-17(23)24)8-15(10)19-11-5-6-14-13(7-11)16(22)21(2)9-18-14/h3-9,19-20H,1-2H3,(H,23,24). The molecule has 1 heterocycles. The largest absolute Gasteiger partial charge is 0.465 e. The van der Waals surface area contributed by atoms with Crippen molar-refractivity contribution in [3.63, 3.8) is 0 Å². The van der Waals surface area contributed by atoms with Crippen LogP contribution in [0.15, 0.2) is 47.5 Å². The van der Waals surface area contributed by atoms with Crippen molar-refractivity contribution in [1.29, 1.82) is 0 Å². The van der Waals surface area contributed by atoms with Gasteiger partial charge in [0.25, 0.3) is 5.56 Å². The van der Waals surface area contributed by atoms with Gasteiger partial charge < -0.3 is 15.0 Å². The van der Waals surface area contributed by atoms with Crippen LogP contribution < -0.4 is 16.2 Å². The van der Waals surface area contributed by atoms with Gasteiger partial charge in [0.15, 0.2) is 0 Å². The lowest BCUT2D eigenvalue weighted by Gasteiger charge is -2.12. The van der Waals surface area contributed by atoms with Crippen LogP contribution in [0.1, 0.15) is 5.56 Å². The van der Waals surface area contributed by atoms with Crippen molar-refractivity contribution in [2.45, 2.75) is 6.92 Å². The lowest BCUT2D eigenvalue weighted by atomic mass is 10.1. The number of carboxylic acid groups (broad SMARTS) is 1. The van der Waals surface area contributed by atoms with Gasteiger partial charge >= 0.3 is 6.09 Å². The molecule has 0 saturated heterocycles. The maximum absolute atomic E-state index is 12.2. The molecule has 0 atom stereocenters. The zero-order valence-corrected chi connectivity index (χ0v) is 13.2. The van der Waals surface area contributed by atoms with E-state index >= 15 is 0 Å². The summed E-state index contributed by atoms with van der Waals surface area (Å²) in [7, 11) is 1.65. The molecule has 0 aliphatic heterocycles. The summed E-state index contributed by atoms with van der Waals surface area (Å²) in [4.78, 5) is 27.2. The Morgan fingerprint density at radius 1 is 1.17 bits per heavy atom. The number of amides is 1. The van der Waals surface area contributed by atoms with Gasteiger partial charge in [-0.2, -0.15) is 0 Å². The molecule has 7 heteroatoms. The molecule has 0 radical (unpaired) electrons. The Kier molecular flexibility index (Phi) is 3.91. The van der Waals surface area contributed by atoms with Crippen LogP contribution >= 0.6 is 0 Å². The number of carbonyl (C=O) groups is 1. The highest BCUT2D eigenvalue weighted by Gasteiger charge is 2.06. The van der Waals surface area contributed by atoms with Gasteiger partial charge in [-0.3, -0.25) is 10.1 Å². The van der Waals surface area contributed by atoms with Gasteiger partial charge in [0, 0.05) is 24.1 Å². The monoisotopic (exact) mass is 324 g/mol.